The van der Waals surface area contributed by atoms with E-state index in [2.05, 4.69) is 24.0 Å². The molecule has 2 nitrogen and oxygen atoms in total. The van der Waals surface area contributed by atoms with Crippen LogP contribution in [0.2, 0.25) is 0 Å². The average molecular weight is 243 g/mol. The van der Waals surface area contributed by atoms with Gasteiger partial charge in [-0.3, -0.25) is 0 Å². The van der Waals surface area contributed by atoms with E-state index in [0.29, 0.717) is 0 Å². The molecule has 2 atom stereocenters. The Balaban J connectivity index is 1.43. The largest absolute Gasteiger partial charge is 0.381 e. The van der Waals surface area contributed by atoms with Gasteiger partial charge in [-0.25, -0.2) is 0 Å². The Morgan fingerprint density at radius 1 is 1.31 bits per heavy atom. The maximum atomic E-state index is 5.63. The Morgan fingerprint density at radius 3 is 2.94 bits per heavy atom. The first-order valence-corrected chi connectivity index (χ1v) is 7.84. The quantitative estimate of drug-likeness (QED) is 0.695. The van der Waals surface area contributed by atoms with Crippen LogP contribution in [0.15, 0.2) is 0 Å². The molecule has 1 saturated heterocycles. The Morgan fingerprint density at radius 2 is 2.19 bits per heavy atom. The third kappa shape index (κ3) is 4.64. The molecular weight excluding hydrogens is 218 g/mol. The summed E-state index contributed by atoms with van der Waals surface area (Å²) in [6, 6.07) is 0.738. The third-order valence-corrected chi connectivity index (χ3v) is 4.91. The summed E-state index contributed by atoms with van der Waals surface area (Å²) in [6.07, 6.45) is 6.70. The van der Waals surface area contributed by atoms with Crippen molar-refractivity contribution in [3.05, 3.63) is 0 Å². The van der Waals surface area contributed by atoms with Gasteiger partial charge in [0.15, 0.2) is 0 Å². The summed E-state index contributed by atoms with van der Waals surface area (Å²) in [7, 11) is 0. The molecule has 0 aromatic heterocycles. The van der Waals surface area contributed by atoms with Crippen molar-refractivity contribution < 1.29 is 4.74 Å². The maximum Gasteiger partial charge on any atom is 0.0494 e. The lowest BCUT2D eigenvalue weighted by Crippen LogP contribution is -2.39. The van der Waals surface area contributed by atoms with Crippen molar-refractivity contribution >= 4 is 11.8 Å². The summed E-state index contributed by atoms with van der Waals surface area (Å²) in [5.41, 5.74) is 0. The lowest BCUT2D eigenvalue weighted by atomic mass is 10.1. The second-order valence-corrected chi connectivity index (χ2v) is 6.64. The minimum Gasteiger partial charge on any atom is -0.381 e. The van der Waals surface area contributed by atoms with Gasteiger partial charge in [-0.15, -0.1) is 0 Å². The number of rotatable bonds is 7. The SMILES string of the molecule is CC1SCCCC1NCCCOCC1CC1. The van der Waals surface area contributed by atoms with Crippen LogP contribution in [0.4, 0.5) is 0 Å². The summed E-state index contributed by atoms with van der Waals surface area (Å²) in [5.74, 6) is 2.26. The van der Waals surface area contributed by atoms with Crippen LogP contribution >= 0.6 is 11.8 Å². The average Bonchev–Trinajstić information content (AvgIpc) is 3.09. The summed E-state index contributed by atoms with van der Waals surface area (Å²) in [5, 5.41) is 4.47. The van der Waals surface area contributed by atoms with Crippen LogP contribution in [-0.4, -0.2) is 36.8 Å². The van der Waals surface area contributed by atoms with Crippen molar-refractivity contribution in [1.29, 1.82) is 0 Å². The molecule has 3 heteroatoms. The zero-order valence-corrected chi connectivity index (χ0v) is 11.2. The second-order valence-electron chi connectivity index (χ2n) is 5.15. The molecule has 16 heavy (non-hydrogen) atoms. The third-order valence-electron chi connectivity index (χ3n) is 3.53. The molecule has 1 N–H and O–H groups in total. The first-order chi connectivity index (χ1) is 7.86. The Bertz CT molecular complexity index is 196. The van der Waals surface area contributed by atoms with E-state index < -0.39 is 0 Å². The van der Waals surface area contributed by atoms with Crippen LogP contribution in [0.5, 0.6) is 0 Å². The van der Waals surface area contributed by atoms with E-state index in [1.807, 2.05) is 0 Å². The Kier molecular flexibility index (Phi) is 5.46. The molecule has 1 aliphatic carbocycles. The molecule has 0 aromatic rings. The fraction of sp³-hybridized carbons (Fsp3) is 1.00. The van der Waals surface area contributed by atoms with E-state index in [1.165, 1.54) is 37.9 Å². The van der Waals surface area contributed by atoms with Gasteiger partial charge in [0.1, 0.15) is 0 Å². The van der Waals surface area contributed by atoms with Gasteiger partial charge in [-0.2, -0.15) is 11.8 Å². The molecule has 0 aromatic carbocycles. The van der Waals surface area contributed by atoms with Gasteiger partial charge in [0.25, 0.3) is 0 Å². The highest BCUT2D eigenvalue weighted by Crippen LogP contribution is 2.28. The zero-order chi connectivity index (χ0) is 11.2. The van der Waals surface area contributed by atoms with Gasteiger partial charge in [0.05, 0.1) is 0 Å². The molecule has 0 radical (unpaired) electrons. The lowest BCUT2D eigenvalue weighted by molar-refractivity contribution is 0.121. The van der Waals surface area contributed by atoms with Gasteiger partial charge >= 0.3 is 0 Å². The Labute approximate surface area is 104 Å². The lowest BCUT2D eigenvalue weighted by Gasteiger charge is -2.29. The monoisotopic (exact) mass is 243 g/mol. The summed E-state index contributed by atoms with van der Waals surface area (Å²) >= 11 is 2.11. The molecular formula is C13H25NOS. The predicted molar refractivity (Wildman–Crippen MR) is 71.1 cm³/mol. The van der Waals surface area contributed by atoms with E-state index in [0.717, 1.165) is 37.0 Å². The number of hydrogen-bond acceptors (Lipinski definition) is 3. The summed E-state index contributed by atoms with van der Waals surface area (Å²) in [4.78, 5) is 0. The van der Waals surface area contributed by atoms with Gasteiger partial charge in [0.2, 0.25) is 0 Å². The summed E-state index contributed by atoms with van der Waals surface area (Å²) in [6.45, 7) is 5.43. The molecule has 2 fully saturated rings. The number of nitrogens with one attached hydrogen (secondary N) is 1. The van der Waals surface area contributed by atoms with Crippen LogP contribution < -0.4 is 5.32 Å². The highest BCUT2D eigenvalue weighted by molar-refractivity contribution is 7.99. The van der Waals surface area contributed by atoms with Crippen molar-refractivity contribution in [2.45, 2.75) is 50.3 Å². The second kappa shape index (κ2) is 6.87. The van der Waals surface area contributed by atoms with E-state index in [9.17, 15) is 0 Å². The summed E-state index contributed by atoms with van der Waals surface area (Å²) < 4.78 is 5.63. The number of thioether (sulfide) groups is 1. The molecule has 2 aliphatic rings. The maximum absolute atomic E-state index is 5.63. The standard InChI is InChI=1S/C13H25NOS/c1-11-13(4-2-9-16-11)14-7-3-8-15-10-12-5-6-12/h11-14H,2-10H2,1H3. The van der Waals surface area contributed by atoms with Gasteiger partial charge < -0.3 is 10.1 Å². The van der Waals surface area contributed by atoms with Crippen LogP contribution in [0.3, 0.4) is 0 Å². The molecule has 0 bridgehead atoms. The molecule has 1 saturated carbocycles. The molecule has 1 heterocycles. The van der Waals surface area contributed by atoms with Gasteiger partial charge in [-0.05, 0) is 50.3 Å². The highest BCUT2D eigenvalue weighted by Gasteiger charge is 2.21. The molecule has 1 aliphatic heterocycles. The number of ether oxygens (including phenoxy) is 1. The molecule has 0 spiro atoms. The van der Waals surface area contributed by atoms with E-state index in [4.69, 9.17) is 4.74 Å². The van der Waals surface area contributed by atoms with Crippen LogP contribution in [-0.2, 0) is 4.74 Å². The Hall–Kier alpha value is 0.270. The number of hydrogen-bond donors (Lipinski definition) is 1. The fourth-order valence-corrected chi connectivity index (χ4v) is 3.36. The minimum atomic E-state index is 0.738. The smallest absolute Gasteiger partial charge is 0.0494 e. The van der Waals surface area contributed by atoms with Crippen LogP contribution in [0.25, 0.3) is 0 Å². The van der Waals surface area contributed by atoms with Crippen molar-refractivity contribution in [1.82, 2.24) is 5.32 Å². The topological polar surface area (TPSA) is 21.3 Å². The van der Waals surface area contributed by atoms with E-state index in [-0.39, 0.29) is 0 Å². The van der Waals surface area contributed by atoms with E-state index >= 15 is 0 Å². The van der Waals surface area contributed by atoms with Crippen molar-refractivity contribution in [2.24, 2.45) is 5.92 Å². The molecule has 2 rings (SSSR count). The first kappa shape index (κ1) is 12.7. The van der Waals surface area contributed by atoms with Crippen LogP contribution in [0.1, 0.15) is 39.0 Å². The van der Waals surface area contributed by atoms with E-state index in [1.54, 1.807) is 0 Å². The van der Waals surface area contributed by atoms with Crippen molar-refractivity contribution in [3.63, 3.8) is 0 Å². The van der Waals surface area contributed by atoms with Gasteiger partial charge in [-0.1, -0.05) is 6.92 Å². The van der Waals surface area contributed by atoms with Crippen LogP contribution in [0, 0.1) is 5.92 Å². The highest BCUT2D eigenvalue weighted by atomic mass is 32.2. The molecule has 94 valence electrons. The zero-order valence-electron chi connectivity index (χ0n) is 10.4. The molecule has 0 amide bonds. The predicted octanol–water partition coefficient (Wildman–Crippen LogP) is 2.68. The van der Waals surface area contributed by atoms with Gasteiger partial charge in [0, 0.05) is 24.5 Å². The van der Waals surface area contributed by atoms with Crippen molar-refractivity contribution in [3.8, 4) is 0 Å². The normalized spacial score (nSPS) is 30.6. The van der Waals surface area contributed by atoms with Crippen molar-refractivity contribution in [2.75, 3.05) is 25.5 Å². The first-order valence-electron chi connectivity index (χ1n) is 6.79. The molecule has 2 unspecified atom stereocenters. The fourth-order valence-electron chi connectivity index (χ4n) is 2.19. The minimum absolute atomic E-state index is 0.738.